The molecule has 2 rings (SSSR count). The average Bonchev–Trinajstić information content (AvgIpc) is 2.48. The standard InChI is InChI=1S/C16H25NO3/c1-12(17)14-3-4-16(18-2)15(9-14)11-20-10-13-5-7-19-8-6-13/h3-4,9,12-13H,5-8,10-11,17H2,1-2H3. The molecule has 0 aliphatic carbocycles. The van der Waals surface area contributed by atoms with Gasteiger partial charge in [-0.25, -0.2) is 0 Å². The maximum atomic E-state index is 5.92. The molecule has 20 heavy (non-hydrogen) atoms. The average molecular weight is 279 g/mol. The molecule has 1 atom stereocenters. The molecule has 4 nitrogen and oxygen atoms in total. The predicted octanol–water partition coefficient (Wildman–Crippen LogP) is 2.66. The number of hydrogen-bond donors (Lipinski definition) is 1. The van der Waals surface area contributed by atoms with Gasteiger partial charge in [0.2, 0.25) is 0 Å². The first-order valence-electron chi connectivity index (χ1n) is 7.28. The van der Waals surface area contributed by atoms with E-state index in [1.807, 2.05) is 19.1 Å². The lowest BCUT2D eigenvalue weighted by molar-refractivity contribution is 0.0153. The minimum absolute atomic E-state index is 0.0233. The van der Waals surface area contributed by atoms with Crippen molar-refractivity contribution in [1.82, 2.24) is 0 Å². The molecule has 112 valence electrons. The van der Waals surface area contributed by atoms with Crippen LogP contribution in [0.3, 0.4) is 0 Å². The number of benzene rings is 1. The van der Waals surface area contributed by atoms with Crippen LogP contribution >= 0.6 is 0 Å². The second kappa shape index (κ2) is 7.62. The van der Waals surface area contributed by atoms with Crippen molar-refractivity contribution in [2.24, 2.45) is 11.7 Å². The van der Waals surface area contributed by atoms with Crippen molar-refractivity contribution in [3.63, 3.8) is 0 Å². The topological polar surface area (TPSA) is 53.7 Å². The Morgan fingerprint density at radius 3 is 2.75 bits per heavy atom. The molecule has 0 radical (unpaired) electrons. The first-order chi connectivity index (χ1) is 9.70. The van der Waals surface area contributed by atoms with Gasteiger partial charge in [-0.05, 0) is 43.4 Å². The highest BCUT2D eigenvalue weighted by Crippen LogP contribution is 2.24. The number of nitrogens with two attached hydrogens (primary N) is 1. The Kier molecular flexibility index (Phi) is 5.83. The van der Waals surface area contributed by atoms with Gasteiger partial charge in [0.05, 0.1) is 20.3 Å². The smallest absolute Gasteiger partial charge is 0.124 e. The van der Waals surface area contributed by atoms with Crippen molar-refractivity contribution in [2.75, 3.05) is 26.9 Å². The zero-order valence-corrected chi connectivity index (χ0v) is 12.4. The SMILES string of the molecule is COc1ccc(C(C)N)cc1COCC1CCOCC1. The molecule has 1 aromatic carbocycles. The third-order valence-corrected chi connectivity index (χ3v) is 3.78. The molecule has 0 saturated carbocycles. The van der Waals surface area contributed by atoms with Crippen LogP contribution in [0.2, 0.25) is 0 Å². The molecule has 4 heteroatoms. The van der Waals surface area contributed by atoms with Crippen molar-refractivity contribution >= 4 is 0 Å². The summed E-state index contributed by atoms with van der Waals surface area (Å²) < 4.78 is 16.6. The zero-order chi connectivity index (χ0) is 14.4. The van der Waals surface area contributed by atoms with E-state index >= 15 is 0 Å². The predicted molar refractivity (Wildman–Crippen MR) is 78.8 cm³/mol. The summed E-state index contributed by atoms with van der Waals surface area (Å²) in [6.45, 7) is 5.06. The van der Waals surface area contributed by atoms with Crippen LogP contribution in [-0.2, 0) is 16.1 Å². The van der Waals surface area contributed by atoms with Crippen molar-refractivity contribution in [3.8, 4) is 5.75 Å². The van der Waals surface area contributed by atoms with Gasteiger partial charge in [-0.3, -0.25) is 0 Å². The van der Waals surface area contributed by atoms with Crippen molar-refractivity contribution in [3.05, 3.63) is 29.3 Å². The Balaban J connectivity index is 1.91. The lowest BCUT2D eigenvalue weighted by Gasteiger charge is -2.22. The van der Waals surface area contributed by atoms with Gasteiger partial charge in [0.1, 0.15) is 5.75 Å². The van der Waals surface area contributed by atoms with Crippen LogP contribution in [0.15, 0.2) is 18.2 Å². The molecule has 2 N–H and O–H groups in total. The summed E-state index contributed by atoms with van der Waals surface area (Å²) in [6, 6.07) is 6.07. The Morgan fingerprint density at radius 2 is 2.10 bits per heavy atom. The quantitative estimate of drug-likeness (QED) is 0.870. The number of ether oxygens (including phenoxy) is 3. The summed E-state index contributed by atoms with van der Waals surface area (Å²) in [5.74, 6) is 1.48. The lowest BCUT2D eigenvalue weighted by Crippen LogP contribution is -2.20. The molecule has 1 aliphatic rings. The van der Waals surface area contributed by atoms with Crippen LogP contribution in [-0.4, -0.2) is 26.9 Å². The molecule has 0 spiro atoms. The largest absolute Gasteiger partial charge is 0.496 e. The van der Waals surface area contributed by atoms with Crippen LogP contribution in [0, 0.1) is 5.92 Å². The molecule has 1 aromatic rings. The summed E-state index contributed by atoms with van der Waals surface area (Å²) in [4.78, 5) is 0. The van der Waals surface area contributed by atoms with Gasteiger partial charge in [-0.2, -0.15) is 0 Å². The second-order valence-electron chi connectivity index (χ2n) is 5.43. The third-order valence-electron chi connectivity index (χ3n) is 3.78. The fourth-order valence-electron chi connectivity index (χ4n) is 2.44. The van der Waals surface area contributed by atoms with E-state index in [4.69, 9.17) is 19.9 Å². The molecule has 1 fully saturated rings. The molecular formula is C16H25NO3. The minimum atomic E-state index is 0.0233. The molecule has 1 aliphatic heterocycles. The van der Waals surface area contributed by atoms with Crippen molar-refractivity contribution in [2.45, 2.75) is 32.4 Å². The van der Waals surface area contributed by atoms with Gasteiger partial charge in [-0.15, -0.1) is 0 Å². The highest BCUT2D eigenvalue weighted by molar-refractivity contribution is 5.37. The zero-order valence-electron chi connectivity index (χ0n) is 12.4. The van der Waals surface area contributed by atoms with Gasteiger partial charge >= 0.3 is 0 Å². The van der Waals surface area contributed by atoms with Crippen LogP contribution in [0.25, 0.3) is 0 Å². The first kappa shape index (κ1) is 15.3. The van der Waals surface area contributed by atoms with Crippen molar-refractivity contribution in [1.29, 1.82) is 0 Å². The monoisotopic (exact) mass is 279 g/mol. The molecule has 1 saturated heterocycles. The van der Waals surface area contributed by atoms with Crippen LogP contribution in [0.4, 0.5) is 0 Å². The van der Waals surface area contributed by atoms with E-state index in [9.17, 15) is 0 Å². The van der Waals surface area contributed by atoms with Gasteiger partial charge in [-0.1, -0.05) is 6.07 Å². The number of rotatable bonds is 6. The van der Waals surface area contributed by atoms with E-state index in [0.717, 1.165) is 49.5 Å². The van der Waals surface area contributed by atoms with E-state index in [-0.39, 0.29) is 6.04 Å². The van der Waals surface area contributed by atoms with E-state index in [1.165, 1.54) is 0 Å². The van der Waals surface area contributed by atoms with Gasteiger partial charge in [0.25, 0.3) is 0 Å². The van der Waals surface area contributed by atoms with Gasteiger partial charge in [0.15, 0.2) is 0 Å². The normalized spacial score (nSPS) is 17.9. The summed E-state index contributed by atoms with van der Waals surface area (Å²) in [6.07, 6.45) is 2.19. The second-order valence-corrected chi connectivity index (χ2v) is 5.43. The maximum Gasteiger partial charge on any atom is 0.124 e. The molecule has 1 heterocycles. The Morgan fingerprint density at radius 1 is 1.35 bits per heavy atom. The fraction of sp³-hybridized carbons (Fsp3) is 0.625. The molecule has 1 unspecified atom stereocenters. The van der Waals surface area contributed by atoms with E-state index in [2.05, 4.69) is 6.07 Å². The third kappa shape index (κ3) is 4.20. The molecule has 0 aromatic heterocycles. The Labute approximate surface area is 121 Å². The summed E-state index contributed by atoms with van der Waals surface area (Å²) in [5, 5.41) is 0. The highest BCUT2D eigenvalue weighted by atomic mass is 16.5. The highest BCUT2D eigenvalue weighted by Gasteiger charge is 2.14. The molecule has 0 amide bonds. The van der Waals surface area contributed by atoms with E-state index < -0.39 is 0 Å². The minimum Gasteiger partial charge on any atom is -0.496 e. The van der Waals surface area contributed by atoms with Crippen LogP contribution in [0.1, 0.15) is 36.9 Å². The van der Waals surface area contributed by atoms with Crippen molar-refractivity contribution < 1.29 is 14.2 Å². The summed E-state index contributed by atoms with van der Waals surface area (Å²) in [7, 11) is 1.68. The van der Waals surface area contributed by atoms with Gasteiger partial charge in [0, 0.05) is 24.8 Å². The Bertz CT molecular complexity index is 414. The first-order valence-corrected chi connectivity index (χ1v) is 7.28. The number of methoxy groups -OCH3 is 1. The number of hydrogen-bond acceptors (Lipinski definition) is 4. The molecular weight excluding hydrogens is 254 g/mol. The lowest BCUT2D eigenvalue weighted by atomic mass is 10.0. The molecule has 0 bridgehead atoms. The van der Waals surface area contributed by atoms with Gasteiger partial charge < -0.3 is 19.9 Å². The Hall–Kier alpha value is -1.10. The van der Waals surface area contributed by atoms with Crippen LogP contribution < -0.4 is 10.5 Å². The fourth-order valence-corrected chi connectivity index (χ4v) is 2.44. The van der Waals surface area contributed by atoms with E-state index in [0.29, 0.717) is 12.5 Å². The maximum absolute atomic E-state index is 5.92. The summed E-state index contributed by atoms with van der Waals surface area (Å²) >= 11 is 0. The van der Waals surface area contributed by atoms with E-state index in [1.54, 1.807) is 7.11 Å². The van der Waals surface area contributed by atoms with Crippen LogP contribution in [0.5, 0.6) is 5.75 Å². The summed E-state index contributed by atoms with van der Waals surface area (Å²) in [5.41, 5.74) is 8.10.